The van der Waals surface area contributed by atoms with Crippen LogP contribution in [0.3, 0.4) is 0 Å². The van der Waals surface area contributed by atoms with Crippen molar-refractivity contribution in [1.82, 2.24) is 19.7 Å². The second kappa shape index (κ2) is 9.99. The number of hydrogen-bond acceptors (Lipinski definition) is 5. The fourth-order valence-corrected chi connectivity index (χ4v) is 3.67. The number of aromatic nitrogens is 4. The van der Waals surface area contributed by atoms with Crippen molar-refractivity contribution in [3.05, 3.63) is 101 Å². The Morgan fingerprint density at radius 1 is 0.970 bits per heavy atom. The summed E-state index contributed by atoms with van der Waals surface area (Å²) in [5.41, 5.74) is 3.49. The second-order valence-electron chi connectivity index (χ2n) is 7.77. The maximum Gasteiger partial charge on any atom is 0.337 e. The number of carboxylic acids is 1. The number of rotatable bonds is 9. The summed E-state index contributed by atoms with van der Waals surface area (Å²) in [7, 11) is 0. The van der Waals surface area contributed by atoms with Crippen LogP contribution in [0.5, 0.6) is 0 Å². The van der Waals surface area contributed by atoms with E-state index in [0.717, 1.165) is 35.4 Å². The van der Waals surface area contributed by atoms with Gasteiger partial charge in [0.25, 0.3) is 0 Å². The molecule has 0 saturated carbocycles. The lowest BCUT2D eigenvalue weighted by molar-refractivity contribution is 0.0697. The van der Waals surface area contributed by atoms with Crippen molar-refractivity contribution in [2.24, 2.45) is 0 Å². The monoisotopic (exact) mass is 440 g/mol. The van der Waals surface area contributed by atoms with Gasteiger partial charge in [-0.3, -0.25) is 9.78 Å². The van der Waals surface area contributed by atoms with Gasteiger partial charge in [0.2, 0.25) is 11.6 Å². The number of nitrogens with zero attached hydrogens (tertiary/aromatic N) is 4. The molecule has 0 spiro atoms. The highest BCUT2D eigenvalue weighted by Crippen LogP contribution is 2.24. The van der Waals surface area contributed by atoms with Crippen LogP contribution >= 0.6 is 0 Å². The topological polar surface area (TPSA) is 98.0 Å². The van der Waals surface area contributed by atoms with E-state index < -0.39 is 5.97 Å². The minimum absolute atomic E-state index is 0.105. The number of ketones is 1. The van der Waals surface area contributed by atoms with Crippen molar-refractivity contribution in [3.63, 3.8) is 0 Å². The van der Waals surface area contributed by atoms with Gasteiger partial charge in [0.15, 0.2) is 0 Å². The third kappa shape index (κ3) is 5.20. The predicted octanol–water partition coefficient (Wildman–Crippen LogP) is 4.46. The number of pyridine rings is 1. The molecule has 0 amide bonds. The molecule has 2 heterocycles. The van der Waals surface area contributed by atoms with Crippen LogP contribution in [0.2, 0.25) is 0 Å². The van der Waals surface area contributed by atoms with Gasteiger partial charge in [-0.15, -0.1) is 5.10 Å². The van der Waals surface area contributed by atoms with Crippen LogP contribution in [-0.4, -0.2) is 36.6 Å². The SMILES string of the molecule is CCCc1nc(C(=O)Cc2ccccc2)nn1Cc1ccc(-c2ccncc2C(=O)O)cc1. The molecule has 0 atom stereocenters. The fraction of sp³-hybridized carbons (Fsp3) is 0.192. The van der Waals surface area contributed by atoms with Crippen LogP contribution < -0.4 is 0 Å². The zero-order valence-electron chi connectivity index (χ0n) is 18.3. The Balaban J connectivity index is 1.55. The molecule has 33 heavy (non-hydrogen) atoms. The summed E-state index contributed by atoms with van der Waals surface area (Å²) in [5.74, 6) is -0.102. The first kappa shape index (κ1) is 22.1. The molecular weight excluding hydrogens is 416 g/mol. The Morgan fingerprint density at radius 2 is 1.73 bits per heavy atom. The Labute approximate surface area is 191 Å². The van der Waals surface area contributed by atoms with E-state index in [1.54, 1.807) is 16.9 Å². The van der Waals surface area contributed by atoms with Crippen LogP contribution in [0.15, 0.2) is 73.1 Å². The predicted molar refractivity (Wildman–Crippen MR) is 124 cm³/mol. The van der Waals surface area contributed by atoms with Crippen molar-refractivity contribution in [2.75, 3.05) is 0 Å². The van der Waals surface area contributed by atoms with Gasteiger partial charge in [-0.1, -0.05) is 61.5 Å². The first-order valence-electron chi connectivity index (χ1n) is 10.8. The van der Waals surface area contributed by atoms with Crippen LogP contribution in [0, 0.1) is 0 Å². The van der Waals surface area contributed by atoms with E-state index in [-0.39, 0.29) is 23.6 Å². The van der Waals surface area contributed by atoms with E-state index in [9.17, 15) is 14.7 Å². The molecule has 7 nitrogen and oxygen atoms in total. The minimum Gasteiger partial charge on any atom is -0.478 e. The smallest absolute Gasteiger partial charge is 0.337 e. The number of hydrogen-bond donors (Lipinski definition) is 1. The normalized spacial score (nSPS) is 10.8. The van der Waals surface area contributed by atoms with Crippen molar-refractivity contribution in [2.45, 2.75) is 32.7 Å². The summed E-state index contributed by atoms with van der Waals surface area (Å²) in [6.07, 6.45) is 4.82. The zero-order valence-corrected chi connectivity index (χ0v) is 18.3. The van der Waals surface area contributed by atoms with E-state index in [1.165, 1.54) is 6.20 Å². The molecular formula is C26H24N4O3. The molecule has 0 saturated heterocycles. The molecule has 0 radical (unpaired) electrons. The summed E-state index contributed by atoms with van der Waals surface area (Å²) < 4.78 is 1.78. The summed E-state index contributed by atoms with van der Waals surface area (Å²) >= 11 is 0. The number of benzene rings is 2. The lowest BCUT2D eigenvalue weighted by Gasteiger charge is -2.08. The van der Waals surface area contributed by atoms with E-state index >= 15 is 0 Å². The van der Waals surface area contributed by atoms with E-state index in [2.05, 4.69) is 22.0 Å². The molecule has 0 bridgehead atoms. The molecule has 0 unspecified atom stereocenters. The van der Waals surface area contributed by atoms with Gasteiger partial charge >= 0.3 is 5.97 Å². The molecule has 4 rings (SSSR count). The third-order valence-corrected chi connectivity index (χ3v) is 5.33. The summed E-state index contributed by atoms with van der Waals surface area (Å²) in [5, 5.41) is 13.9. The number of aryl methyl sites for hydroxylation is 1. The van der Waals surface area contributed by atoms with Crippen molar-refractivity contribution < 1.29 is 14.7 Å². The fourth-order valence-electron chi connectivity index (χ4n) is 3.67. The lowest BCUT2D eigenvalue weighted by Crippen LogP contribution is -2.09. The van der Waals surface area contributed by atoms with E-state index in [1.807, 2.05) is 54.6 Å². The summed E-state index contributed by atoms with van der Waals surface area (Å²) in [6, 6.07) is 18.9. The van der Waals surface area contributed by atoms with Crippen LogP contribution in [0.25, 0.3) is 11.1 Å². The van der Waals surface area contributed by atoms with Gasteiger partial charge in [-0.05, 0) is 34.7 Å². The van der Waals surface area contributed by atoms with Crippen LogP contribution in [-0.2, 0) is 19.4 Å². The molecule has 2 aromatic carbocycles. The summed E-state index contributed by atoms with van der Waals surface area (Å²) in [6.45, 7) is 2.54. The molecule has 2 aromatic heterocycles. The highest BCUT2D eigenvalue weighted by molar-refractivity contribution is 5.95. The maximum atomic E-state index is 12.7. The molecule has 4 aromatic rings. The molecule has 7 heteroatoms. The van der Waals surface area contributed by atoms with E-state index in [0.29, 0.717) is 12.1 Å². The van der Waals surface area contributed by atoms with Crippen LogP contribution in [0.1, 0.15) is 51.3 Å². The molecule has 0 aliphatic rings. The maximum absolute atomic E-state index is 12.7. The number of aromatic carboxylic acids is 1. The Bertz CT molecular complexity index is 1260. The average molecular weight is 441 g/mol. The molecule has 1 N–H and O–H groups in total. The second-order valence-corrected chi connectivity index (χ2v) is 7.77. The number of carbonyl (C=O) groups is 2. The van der Waals surface area contributed by atoms with E-state index in [4.69, 9.17) is 0 Å². The number of carboxylic acid groups (broad SMARTS) is 1. The first-order valence-corrected chi connectivity index (χ1v) is 10.8. The van der Waals surface area contributed by atoms with Crippen LogP contribution in [0.4, 0.5) is 0 Å². The Hall–Kier alpha value is -4.13. The van der Waals surface area contributed by atoms with Crippen molar-refractivity contribution in [3.8, 4) is 11.1 Å². The largest absolute Gasteiger partial charge is 0.478 e. The molecule has 0 fully saturated rings. The Kier molecular flexibility index (Phi) is 6.69. The first-order chi connectivity index (χ1) is 16.0. The van der Waals surface area contributed by atoms with Gasteiger partial charge in [0.05, 0.1) is 12.1 Å². The zero-order chi connectivity index (χ0) is 23.2. The highest BCUT2D eigenvalue weighted by atomic mass is 16.4. The minimum atomic E-state index is -1.01. The van der Waals surface area contributed by atoms with Crippen molar-refractivity contribution >= 4 is 11.8 Å². The van der Waals surface area contributed by atoms with Crippen molar-refractivity contribution in [1.29, 1.82) is 0 Å². The lowest BCUT2D eigenvalue weighted by atomic mass is 10.0. The number of Topliss-reactive ketones (excluding diaryl/α,β-unsaturated/α-hetero) is 1. The van der Waals surface area contributed by atoms with Gasteiger partial charge in [-0.2, -0.15) is 0 Å². The Morgan fingerprint density at radius 3 is 2.42 bits per heavy atom. The standard InChI is InChI=1S/C26H24N4O3/c1-2-6-24-28-25(23(31)15-18-7-4-3-5-8-18)29-30(24)17-19-9-11-20(12-10-19)21-13-14-27-16-22(21)26(32)33/h3-5,7-14,16H,2,6,15,17H2,1H3,(H,32,33). The third-order valence-electron chi connectivity index (χ3n) is 5.33. The number of carbonyl (C=O) groups excluding carboxylic acids is 1. The van der Waals surface area contributed by atoms with Gasteiger partial charge < -0.3 is 5.11 Å². The average Bonchev–Trinajstić information content (AvgIpc) is 3.23. The molecule has 0 aliphatic carbocycles. The van der Waals surface area contributed by atoms with Gasteiger partial charge in [-0.25, -0.2) is 14.5 Å². The van der Waals surface area contributed by atoms with Gasteiger partial charge in [0, 0.05) is 25.2 Å². The highest BCUT2D eigenvalue weighted by Gasteiger charge is 2.17. The molecule has 0 aliphatic heterocycles. The molecule has 166 valence electrons. The van der Waals surface area contributed by atoms with Gasteiger partial charge in [0.1, 0.15) is 5.82 Å². The summed E-state index contributed by atoms with van der Waals surface area (Å²) in [4.78, 5) is 32.6. The quantitative estimate of drug-likeness (QED) is 0.386.